The van der Waals surface area contributed by atoms with Crippen molar-refractivity contribution >= 4 is 10.8 Å². The summed E-state index contributed by atoms with van der Waals surface area (Å²) in [4.78, 5) is 0. The standard InChI is InChI=1S/C18H23NO/c1-2-19-18(17-12-5-6-13-20-17)16-11-7-9-14-8-3-4-10-15(14)16/h3-4,7-11,17-19H,2,5-6,12-13H2,1H3. The molecule has 2 unspecified atom stereocenters. The molecule has 106 valence electrons. The largest absolute Gasteiger partial charge is 0.376 e. The van der Waals surface area contributed by atoms with E-state index in [2.05, 4.69) is 54.7 Å². The molecule has 1 saturated heterocycles. The molecule has 20 heavy (non-hydrogen) atoms. The molecule has 0 amide bonds. The van der Waals surface area contributed by atoms with Gasteiger partial charge in [-0.15, -0.1) is 0 Å². The van der Waals surface area contributed by atoms with Gasteiger partial charge in [-0.3, -0.25) is 0 Å². The number of hydrogen-bond acceptors (Lipinski definition) is 2. The fourth-order valence-corrected chi connectivity index (χ4v) is 3.21. The highest BCUT2D eigenvalue weighted by Crippen LogP contribution is 2.31. The summed E-state index contributed by atoms with van der Waals surface area (Å²) < 4.78 is 6.03. The predicted molar refractivity (Wildman–Crippen MR) is 84.0 cm³/mol. The van der Waals surface area contributed by atoms with E-state index in [1.54, 1.807) is 0 Å². The Morgan fingerprint density at radius 3 is 2.80 bits per heavy atom. The maximum Gasteiger partial charge on any atom is 0.0769 e. The average molecular weight is 269 g/mol. The van der Waals surface area contributed by atoms with Crippen LogP contribution in [0, 0.1) is 0 Å². The van der Waals surface area contributed by atoms with E-state index >= 15 is 0 Å². The van der Waals surface area contributed by atoms with Crippen molar-refractivity contribution in [2.24, 2.45) is 0 Å². The van der Waals surface area contributed by atoms with Crippen molar-refractivity contribution in [1.82, 2.24) is 5.32 Å². The molecule has 0 aromatic heterocycles. The van der Waals surface area contributed by atoms with Crippen LogP contribution in [0.4, 0.5) is 0 Å². The van der Waals surface area contributed by atoms with E-state index in [9.17, 15) is 0 Å². The smallest absolute Gasteiger partial charge is 0.0769 e. The summed E-state index contributed by atoms with van der Waals surface area (Å²) in [6.07, 6.45) is 3.93. The summed E-state index contributed by atoms with van der Waals surface area (Å²) in [6, 6.07) is 15.5. The molecule has 1 fully saturated rings. The van der Waals surface area contributed by atoms with E-state index in [1.165, 1.54) is 29.2 Å². The molecule has 1 N–H and O–H groups in total. The molecule has 2 heteroatoms. The third-order valence-electron chi connectivity index (χ3n) is 4.17. The summed E-state index contributed by atoms with van der Waals surface area (Å²) in [6.45, 7) is 4.03. The van der Waals surface area contributed by atoms with Crippen LogP contribution in [0.3, 0.4) is 0 Å². The number of nitrogens with one attached hydrogen (secondary N) is 1. The van der Waals surface area contributed by atoms with Crippen molar-refractivity contribution < 1.29 is 4.74 Å². The van der Waals surface area contributed by atoms with Crippen LogP contribution < -0.4 is 5.32 Å². The number of rotatable bonds is 4. The molecule has 0 spiro atoms. The van der Waals surface area contributed by atoms with Gasteiger partial charge in [0.05, 0.1) is 12.1 Å². The van der Waals surface area contributed by atoms with Crippen LogP contribution in [0.2, 0.25) is 0 Å². The second kappa shape index (κ2) is 6.38. The van der Waals surface area contributed by atoms with Crippen molar-refractivity contribution in [3.63, 3.8) is 0 Å². The van der Waals surface area contributed by atoms with Crippen molar-refractivity contribution in [2.75, 3.05) is 13.2 Å². The van der Waals surface area contributed by atoms with Gasteiger partial charge in [0, 0.05) is 6.61 Å². The normalized spacial score (nSPS) is 20.9. The van der Waals surface area contributed by atoms with Gasteiger partial charge < -0.3 is 10.1 Å². The first-order chi connectivity index (χ1) is 9.90. The number of benzene rings is 2. The molecule has 2 atom stereocenters. The minimum absolute atomic E-state index is 0.298. The zero-order valence-electron chi connectivity index (χ0n) is 12.1. The van der Waals surface area contributed by atoms with E-state index in [0.717, 1.165) is 19.6 Å². The zero-order chi connectivity index (χ0) is 13.8. The van der Waals surface area contributed by atoms with Crippen LogP contribution in [0.5, 0.6) is 0 Å². The van der Waals surface area contributed by atoms with Crippen LogP contribution >= 0.6 is 0 Å². The molecule has 0 saturated carbocycles. The number of likely N-dealkylation sites (N-methyl/N-ethyl adjacent to an activating group) is 1. The fourth-order valence-electron chi connectivity index (χ4n) is 3.21. The SMILES string of the molecule is CCNC(c1cccc2ccccc12)C1CCCCO1. The number of fused-ring (bicyclic) bond motifs is 1. The van der Waals surface area contributed by atoms with Crippen LogP contribution in [0.1, 0.15) is 37.8 Å². The van der Waals surface area contributed by atoms with Gasteiger partial charge in [0.2, 0.25) is 0 Å². The predicted octanol–water partition coefficient (Wildman–Crippen LogP) is 4.06. The number of ether oxygens (including phenoxy) is 1. The summed E-state index contributed by atoms with van der Waals surface area (Å²) in [5.41, 5.74) is 1.37. The molecule has 0 bridgehead atoms. The monoisotopic (exact) mass is 269 g/mol. The molecular weight excluding hydrogens is 246 g/mol. The highest BCUT2D eigenvalue weighted by molar-refractivity contribution is 5.86. The van der Waals surface area contributed by atoms with Gasteiger partial charge in [0.15, 0.2) is 0 Å². The molecule has 1 aliphatic heterocycles. The summed E-state index contributed by atoms with van der Waals surface area (Å²) in [5.74, 6) is 0. The van der Waals surface area contributed by atoms with Crippen molar-refractivity contribution in [1.29, 1.82) is 0 Å². The first kappa shape index (κ1) is 13.6. The lowest BCUT2D eigenvalue weighted by molar-refractivity contribution is -0.00756. The van der Waals surface area contributed by atoms with Crippen LogP contribution in [-0.4, -0.2) is 19.3 Å². The highest BCUT2D eigenvalue weighted by Gasteiger charge is 2.26. The topological polar surface area (TPSA) is 21.3 Å². The summed E-state index contributed by atoms with van der Waals surface area (Å²) >= 11 is 0. The van der Waals surface area contributed by atoms with Gasteiger partial charge >= 0.3 is 0 Å². The van der Waals surface area contributed by atoms with Crippen LogP contribution in [0.15, 0.2) is 42.5 Å². The quantitative estimate of drug-likeness (QED) is 0.903. The van der Waals surface area contributed by atoms with Gasteiger partial charge in [0.25, 0.3) is 0 Å². The Morgan fingerprint density at radius 1 is 1.15 bits per heavy atom. The van der Waals surface area contributed by atoms with Crippen molar-refractivity contribution in [3.05, 3.63) is 48.0 Å². The molecular formula is C18H23NO. The Labute approximate surface area is 121 Å². The van der Waals surface area contributed by atoms with Crippen molar-refractivity contribution in [2.45, 2.75) is 38.3 Å². The fraction of sp³-hybridized carbons (Fsp3) is 0.444. The van der Waals surface area contributed by atoms with Gasteiger partial charge in [-0.2, -0.15) is 0 Å². The van der Waals surface area contributed by atoms with Crippen LogP contribution in [0.25, 0.3) is 10.8 Å². The maximum absolute atomic E-state index is 6.03. The van der Waals surface area contributed by atoms with E-state index in [-0.39, 0.29) is 0 Å². The lowest BCUT2D eigenvalue weighted by Crippen LogP contribution is -2.36. The first-order valence-electron chi connectivity index (χ1n) is 7.73. The Kier molecular flexibility index (Phi) is 4.34. The molecule has 2 nitrogen and oxygen atoms in total. The second-order valence-corrected chi connectivity index (χ2v) is 5.51. The van der Waals surface area contributed by atoms with E-state index in [1.807, 2.05) is 0 Å². The molecule has 1 heterocycles. The lowest BCUT2D eigenvalue weighted by Gasteiger charge is -2.32. The average Bonchev–Trinajstić information content (AvgIpc) is 2.53. The van der Waals surface area contributed by atoms with Crippen LogP contribution in [-0.2, 0) is 4.74 Å². The Hall–Kier alpha value is -1.38. The summed E-state index contributed by atoms with van der Waals surface area (Å²) in [7, 11) is 0. The van der Waals surface area contributed by atoms with Gasteiger partial charge in [-0.05, 0) is 42.1 Å². The zero-order valence-corrected chi connectivity index (χ0v) is 12.1. The maximum atomic E-state index is 6.03. The minimum atomic E-state index is 0.298. The Morgan fingerprint density at radius 2 is 2.00 bits per heavy atom. The highest BCUT2D eigenvalue weighted by atomic mass is 16.5. The minimum Gasteiger partial charge on any atom is -0.376 e. The van der Waals surface area contributed by atoms with E-state index in [4.69, 9.17) is 4.74 Å². The third-order valence-corrected chi connectivity index (χ3v) is 4.17. The molecule has 0 radical (unpaired) electrons. The molecule has 3 rings (SSSR count). The Bertz CT molecular complexity index is 555. The Balaban J connectivity index is 2.00. The lowest BCUT2D eigenvalue weighted by atomic mass is 9.92. The molecule has 0 aliphatic carbocycles. The van der Waals surface area contributed by atoms with E-state index < -0.39 is 0 Å². The van der Waals surface area contributed by atoms with E-state index in [0.29, 0.717) is 12.1 Å². The number of hydrogen-bond donors (Lipinski definition) is 1. The second-order valence-electron chi connectivity index (χ2n) is 5.51. The van der Waals surface area contributed by atoms with Gasteiger partial charge in [-0.1, -0.05) is 49.4 Å². The van der Waals surface area contributed by atoms with Crippen molar-refractivity contribution in [3.8, 4) is 0 Å². The molecule has 1 aliphatic rings. The van der Waals surface area contributed by atoms with Gasteiger partial charge in [0.1, 0.15) is 0 Å². The molecule has 2 aromatic rings. The van der Waals surface area contributed by atoms with Gasteiger partial charge in [-0.25, -0.2) is 0 Å². The third kappa shape index (κ3) is 2.72. The first-order valence-corrected chi connectivity index (χ1v) is 7.73. The molecule has 2 aromatic carbocycles. The summed E-state index contributed by atoms with van der Waals surface area (Å²) in [5, 5.41) is 6.29.